The Bertz CT molecular complexity index is 1330. The smallest absolute Gasteiger partial charge is 0.417 e. The number of halogens is 3. The van der Waals surface area contributed by atoms with Crippen LogP contribution in [0.5, 0.6) is 5.75 Å². The number of aromatic hydroxyl groups is 1. The molecule has 1 atom stereocenters. The molecule has 40 heavy (non-hydrogen) atoms. The van der Waals surface area contributed by atoms with Crippen LogP contribution in [0.4, 0.5) is 13.2 Å². The molecule has 4 N–H and O–H groups in total. The number of phenolic OH excluding ortho intramolecular Hbond substituents is 1. The molecule has 0 aliphatic carbocycles. The van der Waals surface area contributed by atoms with Crippen LogP contribution in [-0.4, -0.2) is 63.2 Å². The van der Waals surface area contributed by atoms with Gasteiger partial charge in [-0.3, -0.25) is 4.90 Å². The Morgan fingerprint density at radius 2 is 1.75 bits per heavy atom. The maximum absolute atomic E-state index is 14.4. The summed E-state index contributed by atoms with van der Waals surface area (Å²) in [6, 6.07) is 12.1. The van der Waals surface area contributed by atoms with Gasteiger partial charge in [0.2, 0.25) is 0 Å². The average Bonchev–Trinajstić information content (AvgIpc) is 2.89. The molecule has 7 nitrogen and oxygen atoms in total. The minimum Gasteiger partial charge on any atom is -0.508 e. The number of morpholine rings is 1. The number of ether oxygens (including phenoxy) is 1. The molecular weight excluding hydrogens is 521 g/mol. The van der Waals surface area contributed by atoms with Gasteiger partial charge < -0.3 is 20.7 Å². The maximum Gasteiger partial charge on any atom is 0.417 e. The molecule has 1 aliphatic heterocycles. The van der Waals surface area contributed by atoms with Crippen LogP contribution in [0.3, 0.4) is 0 Å². The minimum atomic E-state index is -4.97. The second-order valence-electron chi connectivity index (χ2n) is 11.0. The highest BCUT2D eigenvalue weighted by atomic mass is 19.4. The second kappa shape index (κ2) is 12.0. The Morgan fingerprint density at radius 1 is 1.05 bits per heavy atom. The Kier molecular flexibility index (Phi) is 8.82. The predicted molar refractivity (Wildman–Crippen MR) is 147 cm³/mol. The number of hydrogen-bond donors (Lipinski definition) is 3. The van der Waals surface area contributed by atoms with E-state index in [-0.39, 0.29) is 17.0 Å². The number of hydrogen-bond acceptors (Lipinski definition) is 7. The van der Waals surface area contributed by atoms with Crippen molar-refractivity contribution in [3.05, 3.63) is 83.6 Å². The van der Waals surface area contributed by atoms with Gasteiger partial charge >= 0.3 is 6.18 Å². The summed E-state index contributed by atoms with van der Waals surface area (Å²) in [5.41, 5.74) is 4.81. The van der Waals surface area contributed by atoms with Crippen molar-refractivity contribution < 1.29 is 28.1 Å². The van der Waals surface area contributed by atoms with E-state index in [0.717, 1.165) is 18.7 Å². The third-order valence-electron chi connectivity index (χ3n) is 7.19. The molecule has 0 bridgehead atoms. The van der Waals surface area contributed by atoms with E-state index >= 15 is 0 Å². The summed E-state index contributed by atoms with van der Waals surface area (Å²) in [6.07, 6.45) is -0.525. The SMILES string of the molecule is CC(C)(CC(O)(C/C(N)=C/c1cccc(CN2CCOCC2)c1)C(F)(F)F)c1cc(-c2cncnc2)ccc1O. The second-order valence-corrected chi connectivity index (χ2v) is 11.0. The number of aliphatic hydroxyl groups is 1. The van der Waals surface area contributed by atoms with E-state index in [0.29, 0.717) is 36.4 Å². The first-order valence-electron chi connectivity index (χ1n) is 13.1. The van der Waals surface area contributed by atoms with E-state index < -0.39 is 30.0 Å². The maximum atomic E-state index is 14.4. The summed E-state index contributed by atoms with van der Waals surface area (Å²) in [5.74, 6) is -0.171. The number of aromatic nitrogens is 2. The summed E-state index contributed by atoms with van der Waals surface area (Å²) in [4.78, 5) is 10.2. The molecule has 1 fully saturated rings. The molecule has 1 saturated heterocycles. The van der Waals surface area contributed by atoms with E-state index in [1.54, 1.807) is 44.4 Å². The van der Waals surface area contributed by atoms with E-state index in [4.69, 9.17) is 10.5 Å². The van der Waals surface area contributed by atoms with Crippen LogP contribution in [0, 0.1) is 0 Å². The summed E-state index contributed by atoms with van der Waals surface area (Å²) >= 11 is 0. The van der Waals surface area contributed by atoms with Crippen molar-refractivity contribution >= 4 is 6.08 Å². The van der Waals surface area contributed by atoms with Crippen molar-refractivity contribution in [3.63, 3.8) is 0 Å². The lowest BCUT2D eigenvalue weighted by Gasteiger charge is -2.38. The highest BCUT2D eigenvalue weighted by molar-refractivity contribution is 5.64. The van der Waals surface area contributed by atoms with Crippen LogP contribution in [-0.2, 0) is 16.7 Å². The molecule has 0 saturated carbocycles. The third-order valence-corrected chi connectivity index (χ3v) is 7.19. The number of nitrogens with zero attached hydrogens (tertiary/aromatic N) is 3. The number of phenols is 1. The van der Waals surface area contributed by atoms with Gasteiger partial charge in [0.05, 0.1) is 13.2 Å². The predicted octanol–water partition coefficient (Wildman–Crippen LogP) is 5.03. The molecular formula is C30H35F3N4O3. The molecule has 0 radical (unpaired) electrons. The fourth-order valence-electron chi connectivity index (χ4n) is 5.20. The van der Waals surface area contributed by atoms with E-state index in [1.807, 2.05) is 18.2 Å². The Hall–Kier alpha value is -3.47. The van der Waals surface area contributed by atoms with Crippen molar-refractivity contribution in [2.24, 2.45) is 5.73 Å². The molecule has 4 rings (SSSR count). The summed E-state index contributed by atoms with van der Waals surface area (Å²) in [5, 5.41) is 21.7. The summed E-state index contributed by atoms with van der Waals surface area (Å²) in [6.45, 7) is 6.77. The molecule has 0 amide bonds. The zero-order chi connectivity index (χ0) is 29.0. The first-order valence-corrected chi connectivity index (χ1v) is 13.1. The van der Waals surface area contributed by atoms with E-state index in [9.17, 15) is 23.4 Å². The van der Waals surface area contributed by atoms with Crippen LogP contribution < -0.4 is 5.73 Å². The van der Waals surface area contributed by atoms with Crippen molar-refractivity contribution in [1.82, 2.24) is 14.9 Å². The van der Waals surface area contributed by atoms with Gasteiger partial charge in [0.15, 0.2) is 5.60 Å². The summed E-state index contributed by atoms with van der Waals surface area (Å²) in [7, 11) is 0. The Labute approximate surface area is 232 Å². The lowest BCUT2D eigenvalue weighted by molar-refractivity contribution is -0.266. The van der Waals surface area contributed by atoms with Crippen LogP contribution in [0.25, 0.3) is 17.2 Å². The van der Waals surface area contributed by atoms with Gasteiger partial charge in [-0.05, 0) is 46.7 Å². The van der Waals surface area contributed by atoms with E-state index in [2.05, 4.69) is 14.9 Å². The topological polar surface area (TPSA) is 105 Å². The number of benzene rings is 2. The van der Waals surface area contributed by atoms with Gasteiger partial charge in [-0.25, -0.2) is 9.97 Å². The minimum absolute atomic E-state index is 0.0986. The zero-order valence-corrected chi connectivity index (χ0v) is 22.7. The molecule has 1 aliphatic rings. The monoisotopic (exact) mass is 556 g/mol. The molecule has 1 unspecified atom stereocenters. The van der Waals surface area contributed by atoms with Gasteiger partial charge in [-0.15, -0.1) is 0 Å². The molecule has 1 aromatic heterocycles. The first-order chi connectivity index (χ1) is 18.9. The third kappa shape index (κ3) is 7.18. The van der Waals surface area contributed by atoms with Gasteiger partial charge in [-0.2, -0.15) is 13.2 Å². The van der Waals surface area contributed by atoms with Crippen LogP contribution in [0.15, 0.2) is 66.9 Å². The largest absolute Gasteiger partial charge is 0.508 e. The van der Waals surface area contributed by atoms with Gasteiger partial charge in [0, 0.05) is 55.3 Å². The Balaban J connectivity index is 1.56. The quantitative estimate of drug-likeness (QED) is 0.340. The number of alkyl halides is 3. The van der Waals surface area contributed by atoms with Gasteiger partial charge in [0.1, 0.15) is 12.1 Å². The molecule has 2 aromatic carbocycles. The Morgan fingerprint density at radius 3 is 2.42 bits per heavy atom. The molecule has 10 heteroatoms. The molecule has 3 aromatic rings. The summed E-state index contributed by atoms with van der Waals surface area (Å²) < 4.78 is 48.6. The fraction of sp³-hybridized carbons (Fsp3) is 0.400. The van der Waals surface area contributed by atoms with Gasteiger partial charge in [0.25, 0.3) is 0 Å². The normalized spacial score (nSPS) is 17.0. The van der Waals surface area contributed by atoms with Crippen molar-refractivity contribution in [2.45, 2.75) is 50.4 Å². The highest BCUT2D eigenvalue weighted by Crippen LogP contribution is 2.46. The lowest BCUT2D eigenvalue weighted by atomic mass is 9.72. The molecule has 2 heterocycles. The zero-order valence-electron chi connectivity index (χ0n) is 22.7. The fourth-order valence-corrected chi connectivity index (χ4v) is 5.20. The average molecular weight is 557 g/mol. The molecule has 0 spiro atoms. The number of rotatable bonds is 9. The van der Waals surface area contributed by atoms with Crippen LogP contribution in [0.1, 0.15) is 43.4 Å². The number of nitrogens with two attached hydrogens (primary N) is 1. The van der Waals surface area contributed by atoms with E-state index in [1.165, 1.54) is 18.5 Å². The standard InChI is InChI=1S/C30H35F3N4O3/c1-28(2,26-14-23(6-7-27(26)38)24-16-35-20-36-17-24)19-29(39,30(31,32)33)15-25(34)13-21-4-3-5-22(12-21)18-37-8-10-40-11-9-37/h3-7,12-14,16-17,20,38-39H,8-11,15,18-19,34H2,1-2H3/b25-13-. The van der Waals surface area contributed by atoms with Crippen molar-refractivity contribution in [2.75, 3.05) is 26.3 Å². The molecule has 214 valence electrons. The lowest BCUT2D eigenvalue weighted by Crippen LogP contribution is -2.50. The first kappa shape index (κ1) is 29.5. The van der Waals surface area contributed by atoms with Crippen molar-refractivity contribution in [1.29, 1.82) is 0 Å². The van der Waals surface area contributed by atoms with Gasteiger partial charge in [-0.1, -0.05) is 44.2 Å². The van der Waals surface area contributed by atoms with Crippen LogP contribution in [0.2, 0.25) is 0 Å². The van der Waals surface area contributed by atoms with Crippen LogP contribution >= 0.6 is 0 Å². The van der Waals surface area contributed by atoms with Crippen molar-refractivity contribution in [3.8, 4) is 16.9 Å². The highest BCUT2D eigenvalue weighted by Gasteiger charge is 2.56.